The largest absolute Gasteiger partial charge is 0.454 e. The number of fused-ring (bicyclic) bond motifs is 3. The van der Waals surface area contributed by atoms with Gasteiger partial charge in [0, 0.05) is 5.92 Å². The molecule has 0 saturated carbocycles. The zero-order valence-electron chi connectivity index (χ0n) is 26.0. The number of nitrogens with two attached hydrogens (primary N) is 1. The maximum Gasteiger partial charge on any atom is 0.407 e. The molecule has 3 rings (SSSR count). The molecule has 0 aliphatic heterocycles. The molecule has 12 nitrogen and oxygen atoms in total. The van der Waals surface area contributed by atoms with Crippen LogP contribution in [-0.4, -0.2) is 73.3 Å². The molecule has 0 aromatic heterocycles. The fraction of sp³-hybridized carbons (Fsp3) is 0.469. The molecule has 0 spiro atoms. The summed E-state index contributed by atoms with van der Waals surface area (Å²) in [6, 6.07) is 12.6. The molecule has 2 aromatic rings. The molecule has 2 aromatic carbocycles. The van der Waals surface area contributed by atoms with Gasteiger partial charge in [-0.2, -0.15) is 0 Å². The first-order valence-corrected chi connectivity index (χ1v) is 14.5. The summed E-state index contributed by atoms with van der Waals surface area (Å²) in [6.07, 6.45) is -0.771. The smallest absolute Gasteiger partial charge is 0.407 e. The van der Waals surface area contributed by atoms with Gasteiger partial charge in [0.1, 0.15) is 24.7 Å². The Labute approximate surface area is 257 Å². The Morgan fingerprint density at radius 2 is 1.41 bits per heavy atom. The third-order valence-corrected chi connectivity index (χ3v) is 6.99. The number of ether oxygens (including phenoxy) is 3. The lowest BCUT2D eigenvalue weighted by molar-refractivity contribution is -0.152. The van der Waals surface area contributed by atoms with Crippen LogP contribution in [0, 0.1) is 5.92 Å². The molecular weight excluding hydrogens is 568 g/mol. The maximum atomic E-state index is 13.0. The summed E-state index contributed by atoms with van der Waals surface area (Å²) in [5.41, 5.74) is 9.07. The highest BCUT2D eigenvalue weighted by Gasteiger charge is 2.31. The van der Waals surface area contributed by atoms with Gasteiger partial charge < -0.3 is 35.9 Å². The van der Waals surface area contributed by atoms with Gasteiger partial charge in [0.25, 0.3) is 5.91 Å². The highest BCUT2D eigenvalue weighted by atomic mass is 16.6. The van der Waals surface area contributed by atoms with Gasteiger partial charge in [0.05, 0.1) is 12.2 Å². The number of esters is 1. The number of benzene rings is 2. The van der Waals surface area contributed by atoms with Crippen LogP contribution in [-0.2, 0) is 33.4 Å². The van der Waals surface area contributed by atoms with E-state index in [4.69, 9.17) is 19.9 Å². The minimum Gasteiger partial charge on any atom is -0.454 e. The molecule has 44 heavy (non-hydrogen) atoms. The lowest BCUT2D eigenvalue weighted by atomic mass is 9.98. The number of hydrogen-bond donors (Lipinski definition) is 4. The number of primary amides is 1. The molecule has 1 aliphatic rings. The van der Waals surface area contributed by atoms with Crippen molar-refractivity contribution >= 4 is 29.8 Å². The van der Waals surface area contributed by atoms with Gasteiger partial charge in [-0.3, -0.25) is 14.4 Å². The van der Waals surface area contributed by atoms with Crippen molar-refractivity contribution in [2.75, 3.05) is 19.8 Å². The number of rotatable bonds is 13. The number of alkyl carbamates (subject to hydrolysis) is 1. The van der Waals surface area contributed by atoms with Gasteiger partial charge in [-0.25, -0.2) is 9.59 Å². The van der Waals surface area contributed by atoms with Crippen LogP contribution in [0.3, 0.4) is 0 Å². The van der Waals surface area contributed by atoms with E-state index in [1.807, 2.05) is 48.5 Å². The van der Waals surface area contributed by atoms with Crippen molar-refractivity contribution in [3.05, 3.63) is 59.7 Å². The van der Waals surface area contributed by atoms with Crippen LogP contribution in [0.5, 0.6) is 0 Å². The van der Waals surface area contributed by atoms with Crippen molar-refractivity contribution in [1.82, 2.24) is 16.0 Å². The van der Waals surface area contributed by atoms with Crippen LogP contribution >= 0.6 is 0 Å². The molecule has 4 amide bonds. The first kappa shape index (κ1) is 34.0. The molecule has 3 atom stereocenters. The van der Waals surface area contributed by atoms with E-state index in [1.54, 1.807) is 34.6 Å². The number of carbonyl (C=O) groups is 5. The first-order valence-electron chi connectivity index (χ1n) is 14.5. The SMILES string of the molecule is CC(C)[C@H](NC(=O)OCC1c2ccccc2-c2ccccc21)C(=O)N[C@@H](C)C(=O)OCC(=O)N[C@@H](COC(C)(C)C)C(N)=O. The minimum atomic E-state index is -1.14. The van der Waals surface area contributed by atoms with Gasteiger partial charge in [-0.05, 0) is 55.9 Å². The highest BCUT2D eigenvalue weighted by Crippen LogP contribution is 2.44. The van der Waals surface area contributed by atoms with Crippen LogP contribution in [0.2, 0.25) is 0 Å². The molecule has 0 unspecified atom stereocenters. The number of carbonyl (C=O) groups excluding carboxylic acids is 5. The predicted molar refractivity (Wildman–Crippen MR) is 162 cm³/mol. The average Bonchev–Trinajstić information content (AvgIpc) is 3.28. The summed E-state index contributed by atoms with van der Waals surface area (Å²) < 4.78 is 16.1. The molecule has 0 radical (unpaired) electrons. The zero-order chi connectivity index (χ0) is 32.6. The second-order valence-electron chi connectivity index (χ2n) is 12.0. The molecule has 238 valence electrons. The van der Waals surface area contributed by atoms with E-state index in [0.29, 0.717) is 0 Å². The topological polar surface area (TPSA) is 175 Å². The molecule has 0 saturated heterocycles. The van der Waals surface area contributed by atoms with Gasteiger partial charge >= 0.3 is 12.1 Å². The zero-order valence-corrected chi connectivity index (χ0v) is 26.0. The van der Waals surface area contributed by atoms with Crippen molar-refractivity contribution in [3.63, 3.8) is 0 Å². The van der Waals surface area contributed by atoms with E-state index in [-0.39, 0.29) is 25.0 Å². The molecular formula is C32H42N4O8. The summed E-state index contributed by atoms with van der Waals surface area (Å²) in [4.78, 5) is 62.2. The molecule has 1 aliphatic carbocycles. The molecule has 5 N–H and O–H groups in total. The molecule has 0 fully saturated rings. The van der Waals surface area contributed by atoms with Crippen molar-refractivity contribution in [1.29, 1.82) is 0 Å². The van der Waals surface area contributed by atoms with Gasteiger partial charge in [-0.15, -0.1) is 0 Å². The van der Waals surface area contributed by atoms with E-state index in [9.17, 15) is 24.0 Å². The van der Waals surface area contributed by atoms with E-state index < -0.39 is 60.1 Å². The summed E-state index contributed by atoms with van der Waals surface area (Å²) in [5, 5.41) is 7.45. The van der Waals surface area contributed by atoms with Crippen molar-refractivity contribution in [2.24, 2.45) is 11.7 Å². The van der Waals surface area contributed by atoms with Crippen molar-refractivity contribution < 1.29 is 38.2 Å². The average molecular weight is 611 g/mol. The summed E-state index contributed by atoms with van der Waals surface area (Å²) in [6.45, 7) is 9.41. The fourth-order valence-electron chi connectivity index (χ4n) is 4.69. The summed E-state index contributed by atoms with van der Waals surface area (Å²) in [5.74, 6) is -3.58. The van der Waals surface area contributed by atoms with Crippen LogP contribution in [0.1, 0.15) is 58.6 Å². The second kappa shape index (κ2) is 14.8. The molecule has 0 bridgehead atoms. The van der Waals surface area contributed by atoms with E-state index >= 15 is 0 Å². The predicted octanol–water partition coefficient (Wildman–Crippen LogP) is 2.38. The van der Waals surface area contributed by atoms with E-state index in [1.165, 1.54) is 6.92 Å². The third-order valence-electron chi connectivity index (χ3n) is 6.99. The summed E-state index contributed by atoms with van der Waals surface area (Å²) in [7, 11) is 0. The molecule has 12 heteroatoms. The second-order valence-corrected chi connectivity index (χ2v) is 12.0. The lowest BCUT2D eigenvalue weighted by Gasteiger charge is -2.24. The maximum absolute atomic E-state index is 13.0. The summed E-state index contributed by atoms with van der Waals surface area (Å²) >= 11 is 0. The molecule has 0 heterocycles. The highest BCUT2D eigenvalue weighted by molar-refractivity contribution is 5.91. The van der Waals surface area contributed by atoms with Crippen LogP contribution in [0.15, 0.2) is 48.5 Å². The van der Waals surface area contributed by atoms with Crippen molar-refractivity contribution in [2.45, 2.75) is 71.2 Å². The number of hydrogen-bond acceptors (Lipinski definition) is 8. The standard InChI is InChI=1S/C32H42N4O8/c1-18(2)27(36-31(41)43-15-24-22-13-9-7-11-20(22)21-12-8-10-14-23(21)24)29(39)34-19(3)30(40)42-17-26(37)35-25(28(33)38)16-44-32(4,5)6/h7-14,18-19,24-25,27H,15-17H2,1-6H3,(H2,33,38)(H,34,39)(H,35,37)(H,36,41)/t19-,25-,27-/m0/s1. The Kier molecular flexibility index (Phi) is 11.5. The van der Waals surface area contributed by atoms with Crippen molar-refractivity contribution in [3.8, 4) is 11.1 Å². The van der Waals surface area contributed by atoms with Crippen LogP contribution in [0.4, 0.5) is 4.79 Å². The Morgan fingerprint density at radius 1 is 0.841 bits per heavy atom. The Hall–Kier alpha value is -4.45. The fourth-order valence-corrected chi connectivity index (χ4v) is 4.69. The minimum absolute atomic E-state index is 0.0794. The lowest BCUT2D eigenvalue weighted by Crippen LogP contribution is -2.53. The van der Waals surface area contributed by atoms with E-state index in [2.05, 4.69) is 16.0 Å². The normalized spacial score (nSPS) is 14.4. The third kappa shape index (κ3) is 9.27. The quantitative estimate of drug-likeness (QED) is 0.250. The van der Waals surface area contributed by atoms with Gasteiger partial charge in [-0.1, -0.05) is 62.4 Å². The Morgan fingerprint density at radius 3 is 1.93 bits per heavy atom. The first-order chi connectivity index (χ1) is 20.7. The van der Waals surface area contributed by atoms with Crippen LogP contribution in [0.25, 0.3) is 11.1 Å². The monoisotopic (exact) mass is 610 g/mol. The number of nitrogens with one attached hydrogen (secondary N) is 3. The Balaban J connectivity index is 1.49. The number of amides is 4. The van der Waals surface area contributed by atoms with Crippen LogP contribution < -0.4 is 21.7 Å². The van der Waals surface area contributed by atoms with Gasteiger partial charge in [0.2, 0.25) is 11.8 Å². The Bertz CT molecular complexity index is 1320. The van der Waals surface area contributed by atoms with Gasteiger partial charge in [0.15, 0.2) is 6.61 Å². The van der Waals surface area contributed by atoms with E-state index in [0.717, 1.165) is 22.3 Å².